The van der Waals surface area contributed by atoms with Crippen LogP contribution in [0.15, 0.2) is 0 Å². The third kappa shape index (κ3) is 18.3. The fourth-order valence-corrected chi connectivity index (χ4v) is 3.56. The van der Waals surface area contributed by atoms with E-state index in [0.717, 1.165) is 0 Å². The maximum absolute atomic E-state index is 2.68. The lowest BCUT2D eigenvalue weighted by atomic mass is 10.0. The van der Waals surface area contributed by atoms with Crippen molar-refractivity contribution in [1.29, 1.82) is 0 Å². The minimum absolute atomic E-state index is 1.30. The van der Waals surface area contributed by atoms with Crippen LogP contribution in [0.4, 0.5) is 0 Å². The van der Waals surface area contributed by atoms with Crippen molar-refractivity contribution in [2.75, 3.05) is 19.6 Å². The van der Waals surface area contributed by atoms with E-state index in [4.69, 9.17) is 0 Å². The molecule has 0 amide bonds. The number of hydrogen-bond acceptors (Lipinski definition) is 1. The summed E-state index contributed by atoms with van der Waals surface area (Å²) < 4.78 is 0. The van der Waals surface area contributed by atoms with Crippen LogP contribution < -0.4 is 0 Å². The Kier molecular flexibility index (Phi) is 21.0. The van der Waals surface area contributed by atoms with Crippen molar-refractivity contribution in [3.8, 4) is 0 Å². The predicted molar refractivity (Wildman–Crippen MR) is 112 cm³/mol. The molecule has 0 N–H and O–H groups in total. The largest absolute Gasteiger partial charge is 0.303 e. The number of nitrogens with zero attached hydrogens (tertiary/aromatic N) is 1. The van der Waals surface area contributed by atoms with Crippen LogP contribution in [-0.4, -0.2) is 24.5 Å². The molecule has 0 aliphatic rings. The molecule has 0 saturated heterocycles. The van der Waals surface area contributed by atoms with Gasteiger partial charge >= 0.3 is 0 Å². The quantitative estimate of drug-likeness (QED) is 0.203. The molecule has 0 fully saturated rings. The van der Waals surface area contributed by atoms with Crippen LogP contribution in [-0.2, 0) is 0 Å². The summed E-state index contributed by atoms with van der Waals surface area (Å²) in [7, 11) is 0. The molecule has 24 heavy (non-hydrogen) atoms. The summed E-state index contributed by atoms with van der Waals surface area (Å²) in [6.07, 6.45) is 24.4. The van der Waals surface area contributed by atoms with Crippen LogP contribution in [0, 0.1) is 0 Å². The van der Waals surface area contributed by atoms with Gasteiger partial charge in [0.05, 0.1) is 0 Å². The van der Waals surface area contributed by atoms with Gasteiger partial charge in [-0.15, -0.1) is 0 Å². The molecule has 0 aromatic rings. The lowest BCUT2D eigenvalue weighted by Crippen LogP contribution is -2.26. The number of rotatable bonds is 20. The van der Waals surface area contributed by atoms with Crippen LogP contribution in [0.25, 0.3) is 0 Å². The van der Waals surface area contributed by atoms with Crippen LogP contribution in [0.5, 0.6) is 0 Å². The first kappa shape index (κ1) is 24.0. The smallest absolute Gasteiger partial charge is 0.00187 e. The second-order valence-corrected chi connectivity index (χ2v) is 7.79. The lowest BCUT2D eigenvalue weighted by molar-refractivity contribution is 0.263. The molecule has 0 aromatic heterocycles. The van der Waals surface area contributed by atoms with E-state index in [9.17, 15) is 0 Å². The first-order valence-corrected chi connectivity index (χ1v) is 11.6. The second-order valence-electron chi connectivity index (χ2n) is 7.79. The van der Waals surface area contributed by atoms with Gasteiger partial charge in [0.2, 0.25) is 0 Å². The molecule has 0 bridgehead atoms. The zero-order chi connectivity index (χ0) is 17.7. The molecule has 0 aliphatic heterocycles. The van der Waals surface area contributed by atoms with Gasteiger partial charge in [0, 0.05) is 0 Å². The molecule has 0 rings (SSSR count). The van der Waals surface area contributed by atoms with Gasteiger partial charge in [-0.25, -0.2) is 0 Å². The molecular weight excluding hydrogens is 290 g/mol. The molecule has 0 aromatic carbocycles. The standard InChI is InChI=1S/C23H49N/c1-4-7-9-10-11-12-13-14-15-16-17-18-19-20-23-24(21-6-3)22-8-5-2/h4-23H2,1-3H3. The van der Waals surface area contributed by atoms with Crippen LogP contribution >= 0.6 is 0 Å². The Morgan fingerprint density at radius 2 is 0.708 bits per heavy atom. The summed E-state index contributed by atoms with van der Waals surface area (Å²) in [5.41, 5.74) is 0. The molecule has 0 spiro atoms. The maximum Gasteiger partial charge on any atom is -0.00187 e. The molecule has 1 heteroatoms. The number of unbranched alkanes of at least 4 members (excludes halogenated alkanes) is 14. The third-order valence-electron chi connectivity index (χ3n) is 5.20. The van der Waals surface area contributed by atoms with Crippen LogP contribution in [0.1, 0.15) is 130 Å². The van der Waals surface area contributed by atoms with Gasteiger partial charge in [0.1, 0.15) is 0 Å². The molecule has 0 atom stereocenters. The fourth-order valence-electron chi connectivity index (χ4n) is 3.56. The average molecular weight is 340 g/mol. The van der Waals surface area contributed by atoms with E-state index < -0.39 is 0 Å². The van der Waals surface area contributed by atoms with Crippen LogP contribution in [0.2, 0.25) is 0 Å². The van der Waals surface area contributed by atoms with Gasteiger partial charge in [-0.05, 0) is 38.9 Å². The predicted octanol–water partition coefficient (Wildman–Crippen LogP) is 7.98. The lowest BCUT2D eigenvalue weighted by Gasteiger charge is -2.21. The van der Waals surface area contributed by atoms with Crippen molar-refractivity contribution >= 4 is 0 Å². The van der Waals surface area contributed by atoms with Crippen molar-refractivity contribution < 1.29 is 0 Å². The minimum atomic E-state index is 1.30. The fraction of sp³-hybridized carbons (Fsp3) is 1.00. The van der Waals surface area contributed by atoms with E-state index >= 15 is 0 Å². The Balaban J connectivity index is 3.21. The maximum atomic E-state index is 2.68. The topological polar surface area (TPSA) is 3.24 Å². The Morgan fingerprint density at radius 3 is 1.12 bits per heavy atom. The summed E-state index contributed by atoms with van der Waals surface area (Å²) >= 11 is 0. The molecule has 0 heterocycles. The van der Waals surface area contributed by atoms with Crippen molar-refractivity contribution in [3.63, 3.8) is 0 Å². The molecule has 0 saturated carbocycles. The molecule has 0 unspecified atom stereocenters. The summed E-state index contributed by atoms with van der Waals surface area (Å²) in [5.74, 6) is 0. The highest BCUT2D eigenvalue weighted by molar-refractivity contribution is 4.58. The highest BCUT2D eigenvalue weighted by Crippen LogP contribution is 2.13. The molecule has 0 radical (unpaired) electrons. The Morgan fingerprint density at radius 1 is 0.333 bits per heavy atom. The van der Waals surface area contributed by atoms with E-state index in [1.54, 1.807) is 0 Å². The first-order chi connectivity index (χ1) is 11.8. The van der Waals surface area contributed by atoms with Crippen molar-refractivity contribution in [2.45, 2.75) is 130 Å². The van der Waals surface area contributed by atoms with Crippen LogP contribution in [0.3, 0.4) is 0 Å². The Hall–Kier alpha value is -0.0400. The third-order valence-corrected chi connectivity index (χ3v) is 5.20. The molecule has 0 aliphatic carbocycles. The van der Waals surface area contributed by atoms with Crippen molar-refractivity contribution in [2.24, 2.45) is 0 Å². The van der Waals surface area contributed by atoms with Gasteiger partial charge in [-0.3, -0.25) is 0 Å². The summed E-state index contributed by atoms with van der Waals surface area (Å²) in [4.78, 5) is 2.68. The zero-order valence-electron chi connectivity index (χ0n) is 17.6. The summed E-state index contributed by atoms with van der Waals surface area (Å²) in [6.45, 7) is 10.9. The second kappa shape index (κ2) is 21.0. The molecule has 146 valence electrons. The Bertz CT molecular complexity index is 214. The molecule has 1 nitrogen and oxygen atoms in total. The summed E-state index contributed by atoms with van der Waals surface area (Å²) in [5, 5.41) is 0. The van der Waals surface area contributed by atoms with Crippen molar-refractivity contribution in [3.05, 3.63) is 0 Å². The SMILES string of the molecule is CCCCCCCCCCCCCCCCN(CCC)CCCC. The molecular formula is C23H49N. The first-order valence-electron chi connectivity index (χ1n) is 11.6. The minimum Gasteiger partial charge on any atom is -0.303 e. The van der Waals surface area contributed by atoms with E-state index in [1.165, 1.54) is 129 Å². The average Bonchev–Trinajstić information content (AvgIpc) is 2.59. The highest BCUT2D eigenvalue weighted by Gasteiger charge is 2.02. The van der Waals surface area contributed by atoms with Gasteiger partial charge in [-0.2, -0.15) is 0 Å². The monoisotopic (exact) mass is 339 g/mol. The van der Waals surface area contributed by atoms with Gasteiger partial charge in [0.15, 0.2) is 0 Å². The number of hydrogen-bond donors (Lipinski definition) is 0. The van der Waals surface area contributed by atoms with E-state index in [2.05, 4.69) is 25.7 Å². The zero-order valence-corrected chi connectivity index (χ0v) is 17.6. The van der Waals surface area contributed by atoms with E-state index in [-0.39, 0.29) is 0 Å². The van der Waals surface area contributed by atoms with Gasteiger partial charge in [-0.1, -0.05) is 111 Å². The van der Waals surface area contributed by atoms with E-state index in [0.29, 0.717) is 0 Å². The Labute approximate surface area is 155 Å². The normalized spacial score (nSPS) is 11.5. The van der Waals surface area contributed by atoms with Crippen molar-refractivity contribution in [1.82, 2.24) is 4.90 Å². The highest BCUT2D eigenvalue weighted by atomic mass is 15.1. The van der Waals surface area contributed by atoms with Gasteiger partial charge < -0.3 is 4.90 Å². The van der Waals surface area contributed by atoms with Gasteiger partial charge in [0.25, 0.3) is 0 Å². The summed E-state index contributed by atoms with van der Waals surface area (Å²) in [6, 6.07) is 0. The van der Waals surface area contributed by atoms with E-state index in [1.807, 2.05) is 0 Å².